The molecule has 0 saturated carbocycles. The average molecular weight is 158 g/mol. The molecule has 1 aliphatic rings. The predicted octanol–water partition coefficient (Wildman–Crippen LogP) is 1.83. The molecule has 1 rings (SSSR count). The normalized spacial score (nSPS) is 21.4. The first-order valence-corrected chi connectivity index (χ1v) is 4.29. The van der Waals surface area contributed by atoms with Crippen LogP contribution in [0.2, 0.25) is 0 Å². The van der Waals surface area contributed by atoms with E-state index < -0.39 is 11.1 Å². The third-order valence-electron chi connectivity index (χ3n) is 1.56. The van der Waals surface area contributed by atoms with Gasteiger partial charge in [-0.05, 0) is 25.3 Å². The summed E-state index contributed by atoms with van der Waals surface area (Å²) in [5.41, 5.74) is 0.937. The van der Waals surface area contributed by atoms with Crippen LogP contribution in [0.15, 0.2) is 22.6 Å². The standard InChI is InChI=1S/C7H10O2S/c1-6-4-2-3-5-7(6)10(8)9/h2,4H,3,5H2,1H3,(H,8,9). The van der Waals surface area contributed by atoms with Crippen molar-refractivity contribution in [3.63, 3.8) is 0 Å². The number of hydrogen-bond acceptors (Lipinski definition) is 1. The maximum absolute atomic E-state index is 10.6. The minimum absolute atomic E-state index is 0.669. The van der Waals surface area contributed by atoms with Crippen molar-refractivity contribution in [3.05, 3.63) is 22.6 Å². The molecule has 1 aliphatic carbocycles. The molecule has 2 nitrogen and oxygen atoms in total. The van der Waals surface area contributed by atoms with Crippen LogP contribution in [-0.4, -0.2) is 8.76 Å². The fourth-order valence-corrected chi connectivity index (χ4v) is 1.63. The second-order valence-corrected chi connectivity index (χ2v) is 3.29. The molecule has 0 amide bonds. The summed E-state index contributed by atoms with van der Waals surface area (Å²) in [5, 5.41) is 0. The third-order valence-corrected chi connectivity index (χ3v) is 2.50. The Morgan fingerprint density at radius 3 is 2.80 bits per heavy atom. The van der Waals surface area contributed by atoms with E-state index in [2.05, 4.69) is 0 Å². The quantitative estimate of drug-likeness (QED) is 0.591. The summed E-state index contributed by atoms with van der Waals surface area (Å²) in [6.07, 6.45) is 5.53. The van der Waals surface area contributed by atoms with Crippen molar-refractivity contribution in [1.29, 1.82) is 0 Å². The molecule has 1 unspecified atom stereocenters. The van der Waals surface area contributed by atoms with Crippen LogP contribution in [0.4, 0.5) is 0 Å². The minimum Gasteiger partial charge on any atom is -0.302 e. The van der Waals surface area contributed by atoms with E-state index in [-0.39, 0.29) is 0 Å². The summed E-state index contributed by atoms with van der Waals surface area (Å²) in [5.74, 6) is 0. The van der Waals surface area contributed by atoms with Crippen molar-refractivity contribution in [2.45, 2.75) is 19.8 Å². The number of hydrogen-bond donors (Lipinski definition) is 1. The highest BCUT2D eigenvalue weighted by atomic mass is 32.2. The molecule has 1 atom stereocenters. The molecule has 3 heteroatoms. The first-order chi connectivity index (χ1) is 4.72. The van der Waals surface area contributed by atoms with E-state index in [0.29, 0.717) is 4.91 Å². The van der Waals surface area contributed by atoms with Gasteiger partial charge in [0.05, 0.1) is 0 Å². The van der Waals surface area contributed by atoms with Gasteiger partial charge >= 0.3 is 0 Å². The van der Waals surface area contributed by atoms with Crippen molar-refractivity contribution < 1.29 is 8.76 Å². The Labute approximate surface area is 62.9 Å². The molecule has 1 N–H and O–H groups in total. The smallest absolute Gasteiger partial charge is 0.182 e. The topological polar surface area (TPSA) is 37.3 Å². The van der Waals surface area contributed by atoms with E-state index >= 15 is 0 Å². The van der Waals surface area contributed by atoms with E-state index in [4.69, 9.17) is 4.55 Å². The lowest BCUT2D eigenvalue weighted by atomic mass is 10.1. The van der Waals surface area contributed by atoms with Crippen molar-refractivity contribution >= 4 is 11.1 Å². The molecule has 0 radical (unpaired) electrons. The molecule has 0 aromatic heterocycles. The lowest BCUT2D eigenvalue weighted by molar-refractivity contribution is 0.568. The Morgan fingerprint density at radius 1 is 1.70 bits per heavy atom. The minimum atomic E-state index is -1.75. The van der Waals surface area contributed by atoms with Crippen LogP contribution in [0, 0.1) is 0 Å². The maximum atomic E-state index is 10.6. The highest BCUT2D eigenvalue weighted by Crippen LogP contribution is 2.20. The second kappa shape index (κ2) is 3.12. The van der Waals surface area contributed by atoms with E-state index in [9.17, 15) is 4.21 Å². The van der Waals surface area contributed by atoms with Crippen LogP contribution < -0.4 is 0 Å². The highest BCUT2D eigenvalue weighted by Gasteiger charge is 2.08. The average Bonchev–Trinajstić information content (AvgIpc) is 1.88. The Hall–Kier alpha value is -0.410. The van der Waals surface area contributed by atoms with Gasteiger partial charge < -0.3 is 4.55 Å². The Kier molecular flexibility index (Phi) is 2.40. The molecule has 0 aliphatic heterocycles. The van der Waals surface area contributed by atoms with Crippen LogP contribution in [0.3, 0.4) is 0 Å². The van der Waals surface area contributed by atoms with E-state index in [1.54, 1.807) is 0 Å². The van der Waals surface area contributed by atoms with Gasteiger partial charge in [0.25, 0.3) is 0 Å². The molecular formula is C7H10O2S. The summed E-state index contributed by atoms with van der Waals surface area (Å²) in [6, 6.07) is 0. The van der Waals surface area contributed by atoms with Crippen molar-refractivity contribution in [2.75, 3.05) is 0 Å². The summed E-state index contributed by atoms with van der Waals surface area (Å²) in [4.78, 5) is 0.669. The zero-order chi connectivity index (χ0) is 7.56. The molecular weight excluding hydrogens is 148 g/mol. The van der Waals surface area contributed by atoms with Crippen molar-refractivity contribution in [1.82, 2.24) is 0 Å². The summed E-state index contributed by atoms with van der Waals surface area (Å²) in [6.45, 7) is 1.86. The van der Waals surface area contributed by atoms with Gasteiger partial charge in [-0.3, -0.25) is 0 Å². The molecule has 10 heavy (non-hydrogen) atoms. The first kappa shape index (κ1) is 7.69. The van der Waals surface area contributed by atoms with Gasteiger partial charge in [-0.2, -0.15) is 0 Å². The molecule has 0 bridgehead atoms. The van der Waals surface area contributed by atoms with Gasteiger partial charge in [-0.15, -0.1) is 0 Å². The van der Waals surface area contributed by atoms with E-state index in [1.165, 1.54) is 0 Å². The molecule has 0 spiro atoms. The van der Waals surface area contributed by atoms with Gasteiger partial charge in [0.2, 0.25) is 0 Å². The molecule has 0 fully saturated rings. The van der Waals surface area contributed by atoms with Crippen molar-refractivity contribution in [2.24, 2.45) is 0 Å². The third kappa shape index (κ3) is 1.55. The number of rotatable bonds is 1. The zero-order valence-electron chi connectivity index (χ0n) is 5.83. The Balaban J connectivity index is 2.89. The van der Waals surface area contributed by atoms with E-state index in [0.717, 1.165) is 18.4 Å². The largest absolute Gasteiger partial charge is 0.302 e. The predicted molar refractivity (Wildman–Crippen MR) is 41.8 cm³/mol. The van der Waals surface area contributed by atoms with Gasteiger partial charge in [-0.1, -0.05) is 12.2 Å². The first-order valence-electron chi connectivity index (χ1n) is 3.19. The highest BCUT2D eigenvalue weighted by molar-refractivity contribution is 7.83. The monoisotopic (exact) mass is 158 g/mol. The van der Waals surface area contributed by atoms with Gasteiger partial charge in [0.1, 0.15) is 0 Å². The summed E-state index contributed by atoms with van der Waals surface area (Å²) in [7, 11) is 0. The Bertz CT molecular complexity index is 216. The fourth-order valence-electron chi connectivity index (χ4n) is 0.990. The van der Waals surface area contributed by atoms with Crippen molar-refractivity contribution in [3.8, 4) is 0 Å². The van der Waals surface area contributed by atoms with Gasteiger partial charge in [0.15, 0.2) is 11.1 Å². The summed E-state index contributed by atoms with van der Waals surface area (Å²) < 4.78 is 19.3. The van der Waals surface area contributed by atoms with Gasteiger partial charge in [0, 0.05) is 4.91 Å². The van der Waals surface area contributed by atoms with Crippen LogP contribution in [0.25, 0.3) is 0 Å². The number of allylic oxidation sites excluding steroid dienone is 4. The Morgan fingerprint density at radius 2 is 2.40 bits per heavy atom. The second-order valence-electron chi connectivity index (χ2n) is 2.30. The maximum Gasteiger partial charge on any atom is 0.182 e. The summed E-state index contributed by atoms with van der Waals surface area (Å²) >= 11 is -1.75. The van der Waals surface area contributed by atoms with Crippen LogP contribution >= 0.6 is 0 Å². The van der Waals surface area contributed by atoms with Gasteiger partial charge in [-0.25, -0.2) is 4.21 Å². The van der Waals surface area contributed by atoms with E-state index in [1.807, 2.05) is 19.1 Å². The molecule has 0 aromatic rings. The molecule has 56 valence electrons. The lowest BCUT2D eigenvalue weighted by Gasteiger charge is -2.07. The van der Waals surface area contributed by atoms with Crippen LogP contribution in [0.5, 0.6) is 0 Å². The SMILES string of the molecule is CC1=C(S(=O)O)CCC=C1. The molecule has 0 heterocycles. The van der Waals surface area contributed by atoms with Crippen LogP contribution in [0.1, 0.15) is 19.8 Å². The van der Waals surface area contributed by atoms with Crippen LogP contribution in [-0.2, 0) is 11.1 Å². The fraction of sp³-hybridized carbons (Fsp3) is 0.429. The zero-order valence-corrected chi connectivity index (χ0v) is 6.65. The lowest BCUT2D eigenvalue weighted by Crippen LogP contribution is -1.98. The molecule has 0 saturated heterocycles. The molecule has 0 aromatic carbocycles.